The fourth-order valence-electron chi connectivity index (χ4n) is 2.88. The van der Waals surface area contributed by atoms with Gasteiger partial charge in [-0.2, -0.15) is 0 Å². The number of nitrogens with two attached hydrogens (primary N) is 1. The van der Waals surface area contributed by atoms with Crippen LogP contribution in [0, 0.1) is 17.7 Å². The molecule has 2 N–H and O–H groups in total. The summed E-state index contributed by atoms with van der Waals surface area (Å²) < 4.78 is 18.5. The minimum absolute atomic E-state index is 0.192. The summed E-state index contributed by atoms with van der Waals surface area (Å²) in [6.07, 6.45) is 4.52. The van der Waals surface area contributed by atoms with Gasteiger partial charge >= 0.3 is 0 Å². The van der Waals surface area contributed by atoms with E-state index in [0.717, 1.165) is 24.3 Å². The standard InChI is InChI=1S/C14H20FNO/c1-17-14-6-5-13(15)8-12(14)7-10-3-2-4-11(10)9-16/h5-6,8,10-11H,2-4,7,9,16H2,1H3. The van der Waals surface area contributed by atoms with E-state index in [4.69, 9.17) is 10.5 Å². The van der Waals surface area contributed by atoms with Crippen LogP contribution in [-0.2, 0) is 6.42 Å². The first kappa shape index (κ1) is 12.4. The average molecular weight is 237 g/mol. The Morgan fingerprint density at radius 3 is 2.82 bits per heavy atom. The maximum Gasteiger partial charge on any atom is 0.123 e. The highest BCUT2D eigenvalue weighted by Crippen LogP contribution is 2.35. The number of hydrogen-bond acceptors (Lipinski definition) is 2. The molecule has 1 aliphatic carbocycles. The van der Waals surface area contributed by atoms with Crippen LogP contribution in [-0.4, -0.2) is 13.7 Å². The first-order valence-electron chi connectivity index (χ1n) is 6.27. The summed E-state index contributed by atoms with van der Waals surface area (Å²) in [6, 6.07) is 4.74. The smallest absolute Gasteiger partial charge is 0.123 e. The van der Waals surface area contributed by atoms with E-state index in [1.807, 2.05) is 0 Å². The van der Waals surface area contributed by atoms with Gasteiger partial charge in [0.15, 0.2) is 0 Å². The third-order valence-electron chi connectivity index (χ3n) is 3.84. The molecule has 1 saturated carbocycles. The maximum atomic E-state index is 13.3. The van der Waals surface area contributed by atoms with Gasteiger partial charge in [0, 0.05) is 0 Å². The van der Waals surface area contributed by atoms with E-state index in [9.17, 15) is 4.39 Å². The highest BCUT2D eigenvalue weighted by Gasteiger charge is 2.26. The highest BCUT2D eigenvalue weighted by atomic mass is 19.1. The van der Waals surface area contributed by atoms with Crippen molar-refractivity contribution in [3.63, 3.8) is 0 Å². The van der Waals surface area contributed by atoms with Crippen molar-refractivity contribution >= 4 is 0 Å². The maximum absolute atomic E-state index is 13.3. The SMILES string of the molecule is COc1ccc(F)cc1CC1CCCC1CN. The molecule has 1 aliphatic rings. The van der Waals surface area contributed by atoms with Gasteiger partial charge in [0.2, 0.25) is 0 Å². The zero-order chi connectivity index (χ0) is 12.3. The van der Waals surface area contributed by atoms with Crippen LogP contribution in [0.15, 0.2) is 18.2 Å². The van der Waals surface area contributed by atoms with Crippen molar-refractivity contribution in [2.45, 2.75) is 25.7 Å². The molecule has 0 radical (unpaired) electrons. The van der Waals surface area contributed by atoms with Gasteiger partial charge in [-0.3, -0.25) is 0 Å². The second kappa shape index (κ2) is 5.50. The molecule has 2 rings (SSSR count). The molecule has 2 unspecified atom stereocenters. The Hall–Kier alpha value is -1.09. The molecule has 1 fully saturated rings. The molecule has 0 aliphatic heterocycles. The minimum atomic E-state index is -0.192. The molecule has 0 heterocycles. The topological polar surface area (TPSA) is 35.2 Å². The van der Waals surface area contributed by atoms with Crippen molar-refractivity contribution in [1.82, 2.24) is 0 Å². The van der Waals surface area contributed by atoms with Gasteiger partial charge in [-0.25, -0.2) is 4.39 Å². The highest BCUT2D eigenvalue weighted by molar-refractivity contribution is 5.34. The third-order valence-corrected chi connectivity index (χ3v) is 3.84. The zero-order valence-corrected chi connectivity index (χ0v) is 10.3. The van der Waals surface area contributed by atoms with Gasteiger partial charge in [-0.15, -0.1) is 0 Å². The second-order valence-electron chi connectivity index (χ2n) is 4.85. The van der Waals surface area contributed by atoms with Crippen molar-refractivity contribution in [3.8, 4) is 5.75 Å². The molecule has 0 bridgehead atoms. The number of rotatable bonds is 4. The third kappa shape index (κ3) is 2.78. The first-order valence-corrected chi connectivity index (χ1v) is 6.27. The Morgan fingerprint density at radius 2 is 2.12 bits per heavy atom. The van der Waals surface area contributed by atoms with Gasteiger partial charge in [0.25, 0.3) is 0 Å². The minimum Gasteiger partial charge on any atom is -0.496 e. The largest absolute Gasteiger partial charge is 0.496 e. The predicted molar refractivity (Wildman–Crippen MR) is 66.5 cm³/mol. The fraction of sp³-hybridized carbons (Fsp3) is 0.571. The molecule has 2 nitrogen and oxygen atoms in total. The number of benzene rings is 1. The van der Waals surface area contributed by atoms with Crippen LogP contribution in [0.2, 0.25) is 0 Å². The van der Waals surface area contributed by atoms with Crippen LogP contribution in [0.3, 0.4) is 0 Å². The van der Waals surface area contributed by atoms with Crippen molar-refractivity contribution < 1.29 is 9.13 Å². The molecule has 0 spiro atoms. The summed E-state index contributed by atoms with van der Waals surface area (Å²) in [4.78, 5) is 0. The van der Waals surface area contributed by atoms with Crippen molar-refractivity contribution in [3.05, 3.63) is 29.6 Å². The van der Waals surface area contributed by atoms with Crippen LogP contribution >= 0.6 is 0 Å². The Balaban J connectivity index is 2.14. The lowest BCUT2D eigenvalue weighted by atomic mass is 9.89. The number of halogens is 1. The monoisotopic (exact) mass is 237 g/mol. The van der Waals surface area contributed by atoms with E-state index in [-0.39, 0.29) is 5.82 Å². The fourth-order valence-corrected chi connectivity index (χ4v) is 2.88. The predicted octanol–water partition coefficient (Wildman–Crippen LogP) is 2.75. The normalized spacial score (nSPS) is 23.9. The van der Waals surface area contributed by atoms with E-state index < -0.39 is 0 Å². The van der Waals surface area contributed by atoms with Gasteiger partial charge in [0.1, 0.15) is 11.6 Å². The summed E-state index contributed by atoms with van der Waals surface area (Å²) in [6.45, 7) is 0.738. The lowest BCUT2D eigenvalue weighted by Gasteiger charge is -2.19. The summed E-state index contributed by atoms with van der Waals surface area (Å²) in [7, 11) is 1.63. The Bertz CT molecular complexity index is 380. The molecular formula is C14H20FNO. The Kier molecular flexibility index (Phi) is 4.00. The van der Waals surface area contributed by atoms with Crippen LogP contribution < -0.4 is 10.5 Å². The second-order valence-corrected chi connectivity index (χ2v) is 4.85. The molecule has 0 aromatic heterocycles. The van der Waals surface area contributed by atoms with Crippen LogP contribution in [0.1, 0.15) is 24.8 Å². The molecule has 0 amide bonds. The van der Waals surface area contributed by atoms with E-state index >= 15 is 0 Å². The van der Waals surface area contributed by atoms with Crippen LogP contribution in [0.25, 0.3) is 0 Å². The van der Waals surface area contributed by atoms with Crippen molar-refractivity contribution in [2.75, 3.05) is 13.7 Å². The van der Waals surface area contributed by atoms with Gasteiger partial charge in [-0.05, 0) is 61.4 Å². The molecule has 1 aromatic carbocycles. The van der Waals surface area contributed by atoms with E-state index in [1.54, 1.807) is 19.2 Å². The van der Waals surface area contributed by atoms with Crippen LogP contribution in [0.5, 0.6) is 5.75 Å². The molecule has 1 aromatic rings. The molecule has 0 saturated heterocycles. The van der Waals surface area contributed by atoms with E-state index in [0.29, 0.717) is 11.8 Å². The van der Waals surface area contributed by atoms with Gasteiger partial charge in [-0.1, -0.05) is 6.42 Å². The van der Waals surface area contributed by atoms with Crippen molar-refractivity contribution in [2.24, 2.45) is 17.6 Å². The van der Waals surface area contributed by atoms with Gasteiger partial charge < -0.3 is 10.5 Å². The lowest BCUT2D eigenvalue weighted by molar-refractivity contribution is 0.374. The quantitative estimate of drug-likeness (QED) is 0.874. The first-order chi connectivity index (χ1) is 8.24. The van der Waals surface area contributed by atoms with E-state index in [2.05, 4.69) is 0 Å². The summed E-state index contributed by atoms with van der Waals surface area (Å²) in [5, 5.41) is 0. The lowest BCUT2D eigenvalue weighted by Crippen LogP contribution is -2.20. The van der Waals surface area contributed by atoms with Crippen molar-refractivity contribution in [1.29, 1.82) is 0 Å². The van der Waals surface area contributed by atoms with Gasteiger partial charge in [0.05, 0.1) is 7.11 Å². The molecule has 3 heteroatoms. The number of methoxy groups -OCH3 is 1. The molecular weight excluding hydrogens is 217 g/mol. The number of hydrogen-bond donors (Lipinski definition) is 1. The molecule has 94 valence electrons. The summed E-state index contributed by atoms with van der Waals surface area (Å²) in [5.74, 6) is 1.76. The zero-order valence-electron chi connectivity index (χ0n) is 10.3. The Morgan fingerprint density at radius 1 is 1.35 bits per heavy atom. The molecule has 2 atom stereocenters. The molecule has 17 heavy (non-hydrogen) atoms. The number of ether oxygens (including phenoxy) is 1. The summed E-state index contributed by atoms with van der Waals surface area (Å²) >= 11 is 0. The average Bonchev–Trinajstić information content (AvgIpc) is 2.77. The van der Waals surface area contributed by atoms with Crippen LogP contribution in [0.4, 0.5) is 4.39 Å². The summed E-state index contributed by atoms with van der Waals surface area (Å²) in [5.41, 5.74) is 6.74. The Labute approximate surface area is 102 Å². The van der Waals surface area contributed by atoms with E-state index in [1.165, 1.54) is 25.3 Å².